The molecule has 0 bridgehead atoms. The zero-order valence-corrected chi connectivity index (χ0v) is 7.62. The summed E-state index contributed by atoms with van der Waals surface area (Å²) < 4.78 is 4.47. The van der Waals surface area contributed by atoms with Crippen LogP contribution < -0.4 is 10.6 Å². The minimum Gasteiger partial charge on any atom is -0.467 e. The lowest BCUT2D eigenvalue weighted by Gasteiger charge is -2.12. The van der Waals surface area contributed by atoms with Crippen molar-refractivity contribution in [2.75, 3.05) is 14.2 Å². The van der Waals surface area contributed by atoms with E-state index in [0.29, 0.717) is 5.11 Å². The lowest BCUT2D eigenvalue weighted by Crippen LogP contribution is -2.43. The predicted molar refractivity (Wildman–Crippen MR) is 46.3 cm³/mol. The van der Waals surface area contributed by atoms with Crippen LogP contribution in [0.2, 0.25) is 0 Å². The molecular formula is C6H12N2O2S. The molecule has 0 heterocycles. The monoisotopic (exact) mass is 176 g/mol. The van der Waals surface area contributed by atoms with Crippen molar-refractivity contribution in [1.29, 1.82) is 0 Å². The molecule has 5 heteroatoms. The number of esters is 1. The Hall–Kier alpha value is -0.840. The molecule has 0 aliphatic carbocycles. The molecule has 0 aromatic carbocycles. The molecule has 1 atom stereocenters. The highest BCUT2D eigenvalue weighted by molar-refractivity contribution is 7.80. The van der Waals surface area contributed by atoms with Crippen LogP contribution in [-0.2, 0) is 9.53 Å². The van der Waals surface area contributed by atoms with E-state index in [4.69, 9.17) is 12.2 Å². The zero-order valence-electron chi connectivity index (χ0n) is 6.80. The summed E-state index contributed by atoms with van der Waals surface area (Å²) in [6.45, 7) is 1.68. The SMILES string of the molecule is CNC(=S)NC(C)C(=O)OC. The van der Waals surface area contributed by atoms with Crippen LogP contribution in [-0.4, -0.2) is 31.3 Å². The van der Waals surface area contributed by atoms with Crippen molar-refractivity contribution in [3.05, 3.63) is 0 Å². The average Bonchev–Trinajstić information content (AvgIpc) is 2.02. The normalized spacial score (nSPS) is 11.5. The summed E-state index contributed by atoms with van der Waals surface area (Å²) >= 11 is 4.77. The van der Waals surface area contributed by atoms with Crippen molar-refractivity contribution in [2.24, 2.45) is 0 Å². The van der Waals surface area contributed by atoms with Gasteiger partial charge < -0.3 is 15.4 Å². The maximum Gasteiger partial charge on any atom is 0.328 e. The predicted octanol–water partition coefficient (Wildman–Crippen LogP) is -0.358. The molecule has 0 aliphatic rings. The van der Waals surface area contributed by atoms with E-state index >= 15 is 0 Å². The third-order valence-electron chi connectivity index (χ3n) is 1.13. The fourth-order valence-corrected chi connectivity index (χ4v) is 0.681. The van der Waals surface area contributed by atoms with Crippen LogP contribution in [0.25, 0.3) is 0 Å². The van der Waals surface area contributed by atoms with Gasteiger partial charge in [0.2, 0.25) is 0 Å². The summed E-state index contributed by atoms with van der Waals surface area (Å²) in [4.78, 5) is 10.8. The minimum absolute atomic E-state index is 0.331. The molecule has 0 spiro atoms. The number of nitrogens with one attached hydrogen (secondary N) is 2. The fraction of sp³-hybridized carbons (Fsp3) is 0.667. The van der Waals surface area contributed by atoms with Crippen LogP contribution in [0.3, 0.4) is 0 Å². The largest absolute Gasteiger partial charge is 0.467 e. The lowest BCUT2D eigenvalue weighted by atomic mass is 10.3. The third-order valence-corrected chi connectivity index (χ3v) is 1.45. The molecule has 11 heavy (non-hydrogen) atoms. The number of carbonyl (C=O) groups is 1. The average molecular weight is 176 g/mol. The molecule has 0 aromatic heterocycles. The van der Waals surface area contributed by atoms with Gasteiger partial charge in [-0.05, 0) is 19.1 Å². The van der Waals surface area contributed by atoms with E-state index in [2.05, 4.69) is 15.4 Å². The van der Waals surface area contributed by atoms with Crippen molar-refractivity contribution < 1.29 is 9.53 Å². The molecule has 0 radical (unpaired) electrons. The van der Waals surface area contributed by atoms with Gasteiger partial charge in [-0.15, -0.1) is 0 Å². The summed E-state index contributed by atoms with van der Waals surface area (Å²) in [6.07, 6.45) is 0. The molecule has 0 rings (SSSR count). The van der Waals surface area contributed by atoms with E-state index in [9.17, 15) is 4.79 Å². The van der Waals surface area contributed by atoms with Gasteiger partial charge in [-0.25, -0.2) is 4.79 Å². The van der Waals surface area contributed by atoms with Gasteiger partial charge in [0, 0.05) is 7.05 Å². The summed E-state index contributed by atoms with van der Waals surface area (Å²) in [6, 6.07) is -0.403. The van der Waals surface area contributed by atoms with Crippen LogP contribution in [0, 0.1) is 0 Å². The standard InChI is InChI=1S/C6H12N2O2S/c1-4(5(9)10-3)8-6(11)7-2/h4H,1-3H3,(H2,7,8,11). The van der Waals surface area contributed by atoms with Crippen LogP contribution in [0.5, 0.6) is 0 Å². The molecule has 2 N–H and O–H groups in total. The van der Waals surface area contributed by atoms with E-state index in [1.54, 1.807) is 14.0 Å². The number of ether oxygens (including phenoxy) is 1. The number of hydrogen-bond donors (Lipinski definition) is 2. The molecular weight excluding hydrogens is 164 g/mol. The van der Waals surface area contributed by atoms with E-state index in [1.165, 1.54) is 7.11 Å². The quantitative estimate of drug-likeness (QED) is 0.444. The fourth-order valence-electron chi connectivity index (χ4n) is 0.505. The van der Waals surface area contributed by atoms with Crippen LogP contribution in [0.15, 0.2) is 0 Å². The van der Waals surface area contributed by atoms with Gasteiger partial charge >= 0.3 is 5.97 Å². The molecule has 0 aromatic rings. The smallest absolute Gasteiger partial charge is 0.328 e. The van der Waals surface area contributed by atoms with Crippen LogP contribution in [0.4, 0.5) is 0 Å². The van der Waals surface area contributed by atoms with E-state index in [1.807, 2.05) is 0 Å². The van der Waals surface area contributed by atoms with Gasteiger partial charge in [0.15, 0.2) is 5.11 Å². The Morgan fingerprint density at radius 2 is 2.18 bits per heavy atom. The zero-order chi connectivity index (χ0) is 8.85. The lowest BCUT2D eigenvalue weighted by molar-refractivity contribution is -0.142. The maximum absolute atomic E-state index is 10.8. The van der Waals surface area contributed by atoms with Crippen molar-refractivity contribution in [3.8, 4) is 0 Å². The topological polar surface area (TPSA) is 50.4 Å². The van der Waals surface area contributed by atoms with Crippen molar-refractivity contribution in [1.82, 2.24) is 10.6 Å². The number of rotatable bonds is 2. The van der Waals surface area contributed by atoms with Gasteiger partial charge in [0.1, 0.15) is 6.04 Å². The minimum atomic E-state index is -0.403. The summed E-state index contributed by atoms with van der Waals surface area (Å²) in [7, 11) is 3.02. The van der Waals surface area contributed by atoms with Gasteiger partial charge in [-0.3, -0.25) is 0 Å². The first-order valence-electron chi connectivity index (χ1n) is 3.18. The van der Waals surface area contributed by atoms with Crippen molar-refractivity contribution in [3.63, 3.8) is 0 Å². The Kier molecular flexibility index (Phi) is 4.52. The van der Waals surface area contributed by atoms with Crippen LogP contribution >= 0.6 is 12.2 Å². The van der Waals surface area contributed by atoms with Gasteiger partial charge in [-0.1, -0.05) is 0 Å². The second-order valence-electron chi connectivity index (χ2n) is 1.97. The summed E-state index contributed by atoms with van der Waals surface area (Å²) in [5.41, 5.74) is 0. The summed E-state index contributed by atoms with van der Waals surface area (Å²) in [5.74, 6) is -0.331. The van der Waals surface area contributed by atoms with Crippen molar-refractivity contribution >= 4 is 23.3 Å². The van der Waals surface area contributed by atoms with Crippen molar-refractivity contribution in [2.45, 2.75) is 13.0 Å². The molecule has 0 fully saturated rings. The molecule has 64 valence electrons. The van der Waals surface area contributed by atoms with E-state index in [-0.39, 0.29) is 5.97 Å². The number of thiocarbonyl (C=S) groups is 1. The van der Waals surface area contributed by atoms with Gasteiger partial charge in [-0.2, -0.15) is 0 Å². The highest BCUT2D eigenvalue weighted by Crippen LogP contribution is 1.84. The van der Waals surface area contributed by atoms with E-state index in [0.717, 1.165) is 0 Å². The molecule has 4 nitrogen and oxygen atoms in total. The number of hydrogen-bond acceptors (Lipinski definition) is 3. The molecule has 0 saturated heterocycles. The number of methoxy groups -OCH3 is 1. The first-order valence-corrected chi connectivity index (χ1v) is 3.58. The van der Waals surface area contributed by atoms with Gasteiger partial charge in [0.05, 0.1) is 7.11 Å². The molecule has 0 aliphatic heterocycles. The third kappa shape index (κ3) is 3.77. The highest BCUT2D eigenvalue weighted by atomic mass is 32.1. The first kappa shape index (κ1) is 10.2. The maximum atomic E-state index is 10.8. The van der Waals surface area contributed by atoms with E-state index < -0.39 is 6.04 Å². The first-order chi connectivity index (χ1) is 5.11. The Morgan fingerprint density at radius 1 is 1.64 bits per heavy atom. The Labute approximate surface area is 71.3 Å². The molecule has 0 saturated carbocycles. The molecule has 0 amide bonds. The Morgan fingerprint density at radius 3 is 2.55 bits per heavy atom. The number of carbonyl (C=O) groups excluding carboxylic acids is 1. The Balaban J connectivity index is 3.77. The highest BCUT2D eigenvalue weighted by Gasteiger charge is 2.12. The Bertz CT molecular complexity index is 161. The second kappa shape index (κ2) is 4.90. The molecule has 1 unspecified atom stereocenters. The second-order valence-corrected chi connectivity index (χ2v) is 2.38. The van der Waals surface area contributed by atoms with Gasteiger partial charge in [0.25, 0.3) is 0 Å². The van der Waals surface area contributed by atoms with Crippen LogP contribution in [0.1, 0.15) is 6.92 Å². The summed E-state index contributed by atoms with van der Waals surface area (Å²) in [5, 5.41) is 5.85.